The van der Waals surface area contributed by atoms with Gasteiger partial charge in [0.1, 0.15) is 0 Å². The van der Waals surface area contributed by atoms with E-state index in [1.807, 2.05) is 24.3 Å². The topological polar surface area (TPSA) is 64.3 Å². The van der Waals surface area contributed by atoms with Crippen molar-refractivity contribution in [1.29, 1.82) is 0 Å². The standard InChI is InChI=1S/C18H22N2O2/c1-2-11-22-13-16-6-4-3-5-15(16)12-20-18(21)14-7-9-17(19)10-8-14/h3-10H,2,11-13,19H2,1H3,(H,20,21). The molecule has 0 saturated heterocycles. The first kappa shape index (κ1) is 16.0. The Bertz CT molecular complexity index is 609. The average Bonchev–Trinajstić information content (AvgIpc) is 2.54. The highest BCUT2D eigenvalue weighted by Gasteiger charge is 2.07. The second kappa shape index (κ2) is 8.20. The Labute approximate surface area is 131 Å². The first-order valence-corrected chi connectivity index (χ1v) is 7.49. The Hall–Kier alpha value is -2.33. The minimum Gasteiger partial charge on any atom is -0.399 e. The molecule has 0 aromatic heterocycles. The molecule has 0 aliphatic rings. The summed E-state index contributed by atoms with van der Waals surface area (Å²) < 4.78 is 5.59. The van der Waals surface area contributed by atoms with Crippen molar-refractivity contribution in [3.8, 4) is 0 Å². The normalized spacial score (nSPS) is 10.4. The molecule has 1 amide bonds. The Morgan fingerprint density at radius 2 is 1.77 bits per heavy atom. The zero-order valence-electron chi connectivity index (χ0n) is 12.8. The van der Waals surface area contributed by atoms with Gasteiger partial charge in [0.25, 0.3) is 5.91 Å². The molecule has 0 unspecified atom stereocenters. The number of nitrogens with two attached hydrogens (primary N) is 1. The van der Waals surface area contributed by atoms with Crippen LogP contribution < -0.4 is 11.1 Å². The zero-order valence-corrected chi connectivity index (χ0v) is 12.8. The molecule has 2 rings (SSSR count). The van der Waals surface area contributed by atoms with Gasteiger partial charge < -0.3 is 15.8 Å². The van der Waals surface area contributed by atoms with E-state index in [0.29, 0.717) is 24.4 Å². The summed E-state index contributed by atoms with van der Waals surface area (Å²) in [6, 6.07) is 14.9. The van der Waals surface area contributed by atoms with E-state index in [1.54, 1.807) is 24.3 Å². The first-order valence-electron chi connectivity index (χ1n) is 7.49. The molecule has 0 saturated carbocycles. The van der Waals surface area contributed by atoms with Gasteiger partial charge in [-0.05, 0) is 41.8 Å². The molecular weight excluding hydrogens is 276 g/mol. The largest absolute Gasteiger partial charge is 0.399 e. The van der Waals surface area contributed by atoms with Crippen molar-refractivity contribution in [2.75, 3.05) is 12.3 Å². The van der Waals surface area contributed by atoms with Crippen LogP contribution in [-0.2, 0) is 17.9 Å². The van der Waals surface area contributed by atoms with Crippen LogP contribution in [0.15, 0.2) is 48.5 Å². The van der Waals surface area contributed by atoms with Gasteiger partial charge >= 0.3 is 0 Å². The van der Waals surface area contributed by atoms with Crippen molar-refractivity contribution in [2.24, 2.45) is 0 Å². The molecular formula is C18H22N2O2. The highest BCUT2D eigenvalue weighted by atomic mass is 16.5. The summed E-state index contributed by atoms with van der Waals surface area (Å²) in [6.07, 6.45) is 0.996. The summed E-state index contributed by atoms with van der Waals surface area (Å²) in [7, 11) is 0. The molecule has 0 radical (unpaired) electrons. The lowest BCUT2D eigenvalue weighted by atomic mass is 10.1. The molecule has 4 nitrogen and oxygen atoms in total. The average molecular weight is 298 g/mol. The van der Waals surface area contributed by atoms with Gasteiger partial charge in [-0.15, -0.1) is 0 Å². The molecule has 0 aliphatic carbocycles. The number of benzene rings is 2. The summed E-state index contributed by atoms with van der Waals surface area (Å²) in [5, 5.41) is 2.93. The van der Waals surface area contributed by atoms with Crippen LogP contribution in [0, 0.1) is 0 Å². The third-order valence-corrected chi connectivity index (χ3v) is 3.34. The van der Waals surface area contributed by atoms with Crippen molar-refractivity contribution in [2.45, 2.75) is 26.5 Å². The molecule has 3 N–H and O–H groups in total. The zero-order chi connectivity index (χ0) is 15.8. The predicted octanol–water partition coefficient (Wildman–Crippen LogP) is 3.13. The highest BCUT2D eigenvalue weighted by Crippen LogP contribution is 2.11. The van der Waals surface area contributed by atoms with Gasteiger partial charge in [0.2, 0.25) is 0 Å². The van der Waals surface area contributed by atoms with Crippen molar-refractivity contribution in [1.82, 2.24) is 5.32 Å². The van der Waals surface area contributed by atoms with Gasteiger partial charge in [-0.25, -0.2) is 0 Å². The number of hydrogen-bond acceptors (Lipinski definition) is 3. The number of nitrogens with one attached hydrogen (secondary N) is 1. The Kier molecular flexibility index (Phi) is 5.98. The summed E-state index contributed by atoms with van der Waals surface area (Å²) in [5.74, 6) is -0.107. The third kappa shape index (κ3) is 4.60. The van der Waals surface area contributed by atoms with Crippen molar-refractivity contribution < 1.29 is 9.53 Å². The fourth-order valence-corrected chi connectivity index (χ4v) is 2.11. The Morgan fingerprint density at radius 3 is 2.45 bits per heavy atom. The van der Waals surface area contributed by atoms with E-state index in [9.17, 15) is 4.79 Å². The van der Waals surface area contributed by atoms with E-state index in [-0.39, 0.29) is 5.91 Å². The molecule has 0 bridgehead atoms. The minimum atomic E-state index is -0.107. The van der Waals surface area contributed by atoms with Crippen LogP contribution in [0.2, 0.25) is 0 Å². The maximum atomic E-state index is 12.1. The number of amides is 1. The number of carbonyl (C=O) groups excluding carboxylic acids is 1. The second-order valence-electron chi connectivity index (χ2n) is 5.13. The number of carbonyl (C=O) groups is 1. The number of ether oxygens (including phenoxy) is 1. The molecule has 0 fully saturated rings. The van der Waals surface area contributed by atoms with Gasteiger partial charge in [-0.1, -0.05) is 31.2 Å². The quantitative estimate of drug-likeness (QED) is 0.610. The van der Waals surface area contributed by atoms with E-state index in [2.05, 4.69) is 12.2 Å². The fourth-order valence-electron chi connectivity index (χ4n) is 2.11. The smallest absolute Gasteiger partial charge is 0.251 e. The summed E-state index contributed by atoms with van der Waals surface area (Å²) >= 11 is 0. The second-order valence-corrected chi connectivity index (χ2v) is 5.13. The Morgan fingerprint density at radius 1 is 1.09 bits per heavy atom. The first-order chi connectivity index (χ1) is 10.7. The maximum Gasteiger partial charge on any atom is 0.251 e. The lowest BCUT2D eigenvalue weighted by molar-refractivity contribution is 0.0949. The molecule has 2 aromatic rings. The van der Waals surface area contributed by atoms with Crippen LogP contribution in [0.25, 0.3) is 0 Å². The van der Waals surface area contributed by atoms with Crippen molar-refractivity contribution in [3.05, 3.63) is 65.2 Å². The number of anilines is 1. The molecule has 4 heteroatoms. The fraction of sp³-hybridized carbons (Fsp3) is 0.278. The molecule has 0 spiro atoms. The molecule has 0 atom stereocenters. The monoisotopic (exact) mass is 298 g/mol. The Balaban J connectivity index is 1.96. The maximum absolute atomic E-state index is 12.1. The van der Waals surface area contributed by atoms with Gasteiger partial charge in [-0.3, -0.25) is 4.79 Å². The molecule has 116 valence electrons. The van der Waals surface area contributed by atoms with Crippen LogP contribution >= 0.6 is 0 Å². The van der Waals surface area contributed by atoms with E-state index in [1.165, 1.54) is 0 Å². The highest BCUT2D eigenvalue weighted by molar-refractivity contribution is 5.94. The van der Waals surface area contributed by atoms with Gasteiger partial charge in [0.05, 0.1) is 6.61 Å². The summed E-state index contributed by atoms with van der Waals surface area (Å²) in [5.41, 5.74) is 9.05. The third-order valence-electron chi connectivity index (χ3n) is 3.34. The SMILES string of the molecule is CCCOCc1ccccc1CNC(=O)c1ccc(N)cc1. The van der Waals surface area contributed by atoms with E-state index in [4.69, 9.17) is 10.5 Å². The van der Waals surface area contributed by atoms with E-state index in [0.717, 1.165) is 24.2 Å². The van der Waals surface area contributed by atoms with Crippen LogP contribution in [0.3, 0.4) is 0 Å². The van der Waals surface area contributed by atoms with Crippen LogP contribution in [-0.4, -0.2) is 12.5 Å². The summed E-state index contributed by atoms with van der Waals surface area (Å²) in [4.78, 5) is 12.1. The van der Waals surface area contributed by atoms with Gasteiger partial charge in [0.15, 0.2) is 0 Å². The predicted molar refractivity (Wildman–Crippen MR) is 88.4 cm³/mol. The van der Waals surface area contributed by atoms with Gasteiger partial charge in [-0.2, -0.15) is 0 Å². The summed E-state index contributed by atoms with van der Waals surface area (Å²) in [6.45, 7) is 3.88. The minimum absolute atomic E-state index is 0.107. The van der Waals surface area contributed by atoms with Gasteiger partial charge in [0, 0.05) is 24.4 Å². The lowest BCUT2D eigenvalue weighted by Crippen LogP contribution is -2.23. The number of nitrogen functional groups attached to an aromatic ring is 1. The molecule has 2 aromatic carbocycles. The van der Waals surface area contributed by atoms with Crippen LogP contribution in [0.1, 0.15) is 34.8 Å². The molecule has 22 heavy (non-hydrogen) atoms. The number of hydrogen-bond donors (Lipinski definition) is 2. The number of rotatable bonds is 7. The molecule has 0 heterocycles. The van der Waals surface area contributed by atoms with Crippen molar-refractivity contribution in [3.63, 3.8) is 0 Å². The van der Waals surface area contributed by atoms with E-state index < -0.39 is 0 Å². The van der Waals surface area contributed by atoms with Crippen LogP contribution in [0.5, 0.6) is 0 Å². The van der Waals surface area contributed by atoms with Crippen LogP contribution in [0.4, 0.5) is 5.69 Å². The molecule has 0 aliphatic heterocycles. The van der Waals surface area contributed by atoms with E-state index >= 15 is 0 Å². The van der Waals surface area contributed by atoms with Crippen molar-refractivity contribution >= 4 is 11.6 Å². The lowest BCUT2D eigenvalue weighted by Gasteiger charge is -2.11.